The van der Waals surface area contributed by atoms with Gasteiger partial charge < -0.3 is 10.4 Å². The van der Waals surface area contributed by atoms with Gasteiger partial charge in [-0.3, -0.25) is 14.3 Å². The van der Waals surface area contributed by atoms with E-state index in [1.54, 1.807) is 17.9 Å². The molecule has 0 saturated heterocycles. The van der Waals surface area contributed by atoms with Gasteiger partial charge in [0.1, 0.15) is 0 Å². The fourth-order valence-corrected chi connectivity index (χ4v) is 2.98. The molecule has 20 heavy (non-hydrogen) atoms. The lowest BCUT2D eigenvalue weighted by atomic mass is 9.92. The molecule has 2 rings (SSSR count). The maximum absolute atomic E-state index is 12.4. The van der Waals surface area contributed by atoms with Crippen LogP contribution >= 0.6 is 0 Å². The third-order valence-electron chi connectivity index (χ3n) is 3.91. The van der Waals surface area contributed by atoms with Crippen LogP contribution in [0.1, 0.15) is 55.1 Å². The second kappa shape index (κ2) is 5.64. The van der Waals surface area contributed by atoms with E-state index in [9.17, 15) is 9.59 Å². The van der Waals surface area contributed by atoms with Gasteiger partial charge in [0, 0.05) is 13.2 Å². The molecule has 1 saturated carbocycles. The predicted octanol–water partition coefficient (Wildman–Crippen LogP) is 1.50. The Morgan fingerprint density at radius 3 is 2.65 bits per heavy atom. The largest absolute Gasteiger partial charge is 0.481 e. The zero-order chi connectivity index (χ0) is 14.8. The number of carboxylic acids is 1. The third-order valence-corrected chi connectivity index (χ3v) is 3.91. The van der Waals surface area contributed by atoms with Crippen molar-refractivity contribution in [2.45, 2.75) is 51.0 Å². The highest BCUT2D eigenvalue weighted by molar-refractivity contribution is 5.96. The molecule has 1 aliphatic carbocycles. The summed E-state index contributed by atoms with van der Waals surface area (Å²) in [6.07, 6.45) is 5.73. The summed E-state index contributed by atoms with van der Waals surface area (Å²) in [5.74, 6) is -1.08. The SMILES string of the molecule is CCc1nn(C)cc1C(=O)NC1(CC(=O)O)CCCC1. The molecule has 0 bridgehead atoms. The highest BCUT2D eigenvalue weighted by Crippen LogP contribution is 2.33. The Labute approximate surface area is 118 Å². The van der Waals surface area contributed by atoms with Gasteiger partial charge in [-0.25, -0.2) is 0 Å². The Morgan fingerprint density at radius 2 is 2.10 bits per heavy atom. The lowest BCUT2D eigenvalue weighted by Crippen LogP contribution is -2.47. The first-order valence-corrected chi connectivity index (χ1v) is 7.02. The molecule has 110 valence electrons. The monoisotopic (exact) mass is 279 g/mol. The van der Waals surface area contributed by atoms with Gasteiger partial charge in [-0.05, 0) is 19.3 Å². The minimum absolute atomic E-state index is 0.0134. The molecular weight excluding hydrogens is 258 g/mol. The summed E-state index contributed by atoms with van der Waals surface area (Å²) in [5, 5.41) is 16.3. The van der Waals surface area contributed by atoms with Crippen LogP contribution in [0, 0.1) is 0 Å². The second-order valence-electron chi connectivity index (χ2n) is 5.53. The average Bonchev–Trinajstić information content (AvgIpc) is 2.95. The zero-order valence-electron chi connectivity index (χ0n) is 12.0. The molecular formula is C14H21N3O3. The fourth-order valence-electron chi connectivity index (χ4n) is 2.98. The molecule has 0 spiro atoms. The van der Waals surface area contributed by atoms with Crippen LogP contribution in [0.4, 0.5) is 0 Å². The van der Waals surface area contributed by atoms with Gasteiger partial charge in [0.25, 0.3) is 5.91 Å². The number of aryl methyl sites for hydroxylation is 2. The minimum Gasteiger partial charge on any atom is -0.481 e. The van der Waals surface area contributed by atoms with Gasteiger partial charge in [-0.15, -0.1) is 0 Å². The average molecular weight is 279 g/mol. The lowest BCUT2D eigenvalue weighted by molar-refractivity contribution is -0.138. The van der Waals surface area contributed by atoms with E-state index in [0.717, 1.165) is 31.4 Å². The van der Waals surface area contributed by atoms with Gasteiger partial charge in [-0.1, -0.05) is 19.8 Å². The van der Waals surface area contributed by atoms with Gasteiger partial charge in [0.05, 0.1) is 23.2 Å². The van der Waals surface area contributed by atoms with Crippen LogP contribution in [0.3, 0.4) is 0 Å². The number of aliphatic carboxylic acids is 1. The Balaban J connectivity index is 2.18. The first-order chi connectivity index (χ1) is 9.46. The number of amides is 1. The van der Waals surface area contributed by atoms with Crippen molar-refractivity contribution in [2.75, 3.05) is 0 Å². The van der Waals surface area contributed by atoms with Crippen molar-refractivity contribution >= 4 is 11.9 Å². The van der Waals surface area contributed by atoms with Gasteiger partial charge >= 0.3 is 5.97 Å². The van der Waals surface area contributed by atoms with Crippen LogP contribution in [0.15, 0.2) is 6.20 Å². The second-order valence-corrected chi connectivity index (χ2v) is 5.53. The highest BCUT2D eigenvalue weighted by Gasteiger charge is 2.38. The topological polar surface area (TPSA) is 84.2 Å². The Morgan fingerprint density at radius 1 is 1.45 bits per heavy atom. The number of hydrogen-bond acceptors (Lipinski definition) is 3. The van der Waals surface area contributed by atoms with Gasteiger partial charge in [-0.2, -0.15) is 5.10 Å². The predicted molar refractivity (Wildman–Crippen MR) is 73.5 cm³/mol. The molecule has 6 nitrogen and oxygen atoms in total. The number of hydrogen-bond donors (Lipinski definition) is 2. The smallest absolute Gasteiger partial charge is 0.305 e. The van der Waals surface area contributed by atoms with Crippen molar-refractivity contribution in [3.8, 4) is 0 Å². The van der Waals surface area contributed by atoms with Crippen molar-refractivity contribution in [3.63, 3.8) is 0 Å². The molecule has 0 aromatic carbocycles. The quantitative estimate of drug-likeness (QED) is 0.855. The number of aromatic nitrogens is 2. The molecule has 1 heterocycles. The Bertz CT molecular complexity index is 516. The van der Waals surface area contributed by atoms with E-state index in [1.165, 1.54) is 0 Å². The normalized spacial score (nSPS) is 17.1. The van der Waals surface area contributed by atoms with Crippen molar-refractivity contribution in [1.29, 1.82) is 0 Å². The van der Waals surface area contributed by atoms with E-state index >= 15 is 0 Å². The molecule has 0 radical (unpaired) electrons. The molecule has 0 aliphatic heterocycles. The van der Waals surface area contributed by atoms with E-state index in [4.69, 9.17) is 5.11 Å². The molecule has 1 fully saturated rings. The standard InChI is InChI=1S/C14H21N3O3/c1-3-11-10(9-17(2)16-11)13(20)15-14(8-12(18)19)6-4-5-7-14/h9H,3-8H2,1-2H3,(H,15,20)(H,18,19). The number of carbonyl (C=O) groups is 2. The lowest BCUT2D eigenvalue weighted by Gasteiger charge is -2.28. The molecule has 0 unspecified atom stereocenters. The molecule has 1 amide bonds. The zero-order valence-corrected chi connectivity index (χ0v) is 12.0. The maximum Gasteiger partial charge on any atom is 0.305 e. The number of carbonyl (C=O) groups excluding carboxylic acids is 1. The fraction of sp³-hybridized carbons (Fsp3) is 0.643. The van der Waals surface area contributed by atoms with E-state index in [1.807, 2.05) is 6.92 Å². The van der Waals surface area contributed by atoms with Gasteiger partial charge in [0.15, 0.2) is 0 Å². The van der Waals surface area contributed by atoms with Crippen molar-refractivity contribution in [2.24, 2.45) is 7.05 Å². The molecule has 1 aromatic heterocycles. The molecule has 2 N–H and O–H groups in total. The Hall–Kier alpha value is -1.85. The summed E-state index contributed by atoms with van der Waals surface area (Å²) in [6.45, 7) is 1.95. The number of carboxylic acid groups (broad SMARTS) is 1. The number of rotatable bonds is 5. The summed E-state index contributed by atoms with van der Waals surface area (Å²) in [5.41, 5.74) is 0.698. The van der Waals surface area contributed by atoms with Crippen LogP contribution in [0.5, 0.6) is 0 Å². The van der Waals surface area contributed by atoms with Gasteiger partial charge in [0.2, 0.25) is 0 Å². The molecule has 1 aliphatic rings. The van der Waals surface area contributed by atoms with E-state index in [0.29, 0.717) is 12.0 Å². The summed E-state index contributed by atoms with van der Waals surface area (Å²) >= 11 is 0. The summed E-state index contributed by atoms with van der Waals surface area (Å²) in [7, 11) is 1.78. The summed E-state index contributed by atoms with van der Waals surface area (Å²) in [4.78, 5) is 23.5. The van der Waals surface area contributed by atoms with Crippen molar-refractivity contribution in [3.05, 3.63) is 17.5 Å². The number of nitrogens with zero attached hydrogens (tertiary/aromatic N) is 2. The highest BCUT2D eigenvalue weighted by atomic mass is 16.4. The Kier molecular flexibility index (Phi) is 4.11. The van der Waals surface area contributed by atoms with Crippen LogP contribution in [0.2, 0.25) is 0 Å². The first kappa shape index (κ1) is 14.6. The third kappa shape index (κ3) is 3.00. The van der Waals surface area contributed by atoms with Crippen LogP contribution in [0.25, 0.3) is 0 Å². The van der Waals surface area contributed by atoms with Crippen LogP contribution < -0.4 is 5.32 Å². The van der Waals surface area contributed by atoms with Crippen molar-refractivity contribution < 1.29 is 14.7 Å². The summed E-state index contributed by atoms with van der Waals surface area (Å²) in [6, 6.07) is 0. The van der Waals surface area contributed by atoms with E-state index in [-0.39, 0.29) is 12.3 Å². The number of nitrogens with one attached hydrogen (secondary N) is 1. The summed E-state index contributed by atoms with van der Waals surface area (Å²) < 4.78 is 1.62. The van der Waals surface area contributed by atoms with E-state index < -0.39 is 11.5 Å². The van der Waals surface area contributed by atoms with Crippen LogP contribution in [-0.4, -0.2) is 32.3 Å². The minimum atomic E-state index is -0.867. The molecule has 6 heteroatoms. The van der Waals surface area contributed by atoms with Crippen molar-refractivity contribution in [1.82, 2.24) is 15.1 Å². The molecule has 1 aromatic rings. The van der Waals surface area contributed by atoms with Crippen LogP contribution in [-0.2, 0) is 18.3 Å². The molecule has 0 atom stereocenters. The first-order valence-electron chi connectivity index (χ1n) is 7.02. The van der Waals surface area contributed by atoms with E-state index in [2.05, 4.69) is 10.4 Å². The maximum atomic E-state index is 12.4.